The number of hydrogen-bond donors (Lipinski definition) is 2. The summed E-state index contributed by atoms with van der Waals surface area (Å²) in [6.45, 7) is 4.82. The van der Waals surface area contributed by atoms with E-state index in [1.54, 1.807) is 7.11 Å². The van der Waals surface area contributed by atoms with Crippen molar-refractivity contribution in [2.75, 3.05) is 53.4 Å². The first-order valence-corrected chi connectivity index (χ1v) is 7.59. The third-order valence-electron chi connectivity index (χ3n) is 4.06. The zero-order chi connectivity index (χ0) is 15.9. The fourth-order valence-electron chi connectivity index (χ4n) is 2.79. The van der Waals surface area contributed by atoms with E-state index >= 15 is 0 Å². The molecule has 6 nitrogen and oxygen atoms in total. The fourth-order valence-corrected chi connectivity index (χ4v) is 2.79. The minimum Gasteiger partial charge on any atom is -0.497 e. The van der Waals surface area contributed by atoms with Crippen LogP contribution in [0.1, 0.15) is 11.6 Å². The molecule has 2 N–H and O–H groups in total. The van der Waals surface area contributed by atoms with E-state index in [0.29, 0.717) is 0 Å². The van der Waals surface area contributed by atoms with Gasteiger partial charge in [-0.15, -0.1) is 0 Å². The molecule has 22 heavy (non-hydrogen) atoms. The van der Waals surface area contributed by atoms with Gasteiger partial charge in [-0.2, -0.15) is 0 Å². The molecule has 0 aliphatic carbocycles. The number of carboxylic acid groups (broad SMARTS) is 1. The molecule has 0 bridgehead atoms. The molecule has 0 radical (unpaired) electrons. The largest absolute Gasteiger partial charge is 0.497 e. The maximum Gasteiger partial charge on any atom is 0.317 e. The highest BCUT2D eigenvalue weighted by molar-refractivity contribution is 5.69. The molecule has 1 aliphatic heterocycles. The van der Waals surface area contributed by atoms with Crippen molar-refractivity contribution in [2.24, 2.45) is 0 Å². The molecule has 0 amide bonds. The Bertz CT molecular complexity index is 472. The summed E-state index contributed by atoms with van der Waals surface area (Å²) in [7, 11) is 3.51. The first kappa shape index (κ1) is 16.7. The van der Waals surface area contributed by atoms with Crippen LogP contribution in [0.15, 0.2) is 24.3 Å². The molecule has 0 spiro atoms. The summed E-state index contributed by atoms with van der Waals surface area (Å²) in [4.78, 5) is 15.3. The lowest BCUT2D eigenvalue weighted by molar-refractivity contribution is -0.138. The topological polar surface area (TPSA) is 65.0 Å². The number of piperazine rings is 1. The van der Waals surface area contributed by atoms with Gasteiger partial charge in [0, 0.05) is 38.8 Å². The van der Waals surface area contributed by atoms with Crippen LogP contribution < -0.4 is 10.1 Å². The zero-order valence-corrected chi connectivity index (χ0v) is 13.3. The highest BCUT2D eigenvalue weighted by Gasteiger charge is 2.23. The molecule has 6 heteroatoms. The van der Waals surface area contributed by atoms with Crippen LogP contribution in [0.2, 0.25) is 0 Å². The number of benzene rings is 1. The van der Waals surface area contributed by atoms with Gasteiger partial charge in [0.15, 0.2) is 0 Å². The molecule has 1 fully saturated rings. The number of nitrogens with zero attached hydrogens (tertiary/aromatic N) is 2. The van der Waals surface area contributed by atoms with Gasteiger partial charge in [-0.25, -0.2) is 0 Å². The molecule has 1 saturated heterocycles. The first-order valence-electron chi connectivity index (χ1n) is 7.59. The molecule has 122 valence electrons. The van der Waals surface area contributed by atoms with Gasteiger partial charge in [0.25, 0.3) is 0 Å². The first-order chi connectivity index (χ1) is 10.6. The Hall–Kier alpha value is -1.63. The van der Waals surface area contributed by atoms with E-state index in [-0.39, 0.29) is 12.6 Å². The molecule has 1 aromatic carbocycles. The van der Waals surface area contributed by atoms with Gasteiger partial charge < -0.3 is 15.2 Å². The van der Waals surface area contributed by atoms with Crippen molar-refractivity contribution in [1.82, 2.24) is 15.1 Å². The van der Waals surface area contributed by atoms with Gasteiger partial charge in [-0.3, -0.25) is 14.6 Å². The van der Waals surface area contributed by atoms with Gasteiger partial charge >= 0.3 is 5.97 Å². The minimum atomic E-state index is -0.804. The summed E-state index contributed by atoms with van der Waals surface area (Å²) in [5, 5.41) is 12.4. The number of methoxy groups -OCH3 is 1. The van der Waals surface area contributed by atoms with Crippen LogP contribution >= 0.6 is 0 Å². The van der Waals surface area contributed by atoms with E-state index in [4.69, 9.17) is 9.84 Å². The second-order valence-electron chi connectivity index (χ2n) is 5.65. The molecule has 0 aromatic heterocycles. The number of likely N-dealkylation sites (N-methyl/N-ethyl adjacent to an activating group) is 1. The van der Waals surface area contributed by atoms with Crippen molar-refractivity contribution in [2.45, 2.75) is 6.04 Å². The lowest BCUT2D eigenvalue weighted by Gasteiger charge is -2.35. The number of ether oxygens (including phenoxy) is 1. The molecule has 1 atom stereocenters. The fraction of sp³-hybridized carbons (Fsp3) is 0.562. The van der Waals surface area contributed by atoms with Crippen molar-refractivity contribution in [3.63, 3.8) is 0 Å². The van der Waals surface area contributed by atoms with Crippen LogP contribution in [0.3, 0.4) is 0 Å². The van der Waals surface area contributed by atoms with Crippen molar-refractivity contribution < 1.29 is 14.6 Å². The molecule has 1 aliphatic rings. The number of hydrogen-bond acceptors (Lipinski definition) is 5. The number of carboxylic acids is 1. The summed E-state index contributed by atoms with van der Waals surface area (Å²) in [6, 6.07) is 7.94. The summed E-state index contributed by atoms with van der Waals surface area (Å²) in [5.74, 6) is 0.00637. The highest BCUT2D eigenvalue weighted by atomic mass is 16.5. The van der Waals surface area contributed by atoms with Gasteiger partial charge in [-0.05, 0) is 24.7 Å². The van der Waals surface area contributed by atoms with Crippen LogP contribution in [-0.4, -0.2) is 74.3 Å². The molecule has 1 heterocycles. The molecule has 1 unspecified atom stereocenters. The molecular weight excluding hydrogens is 282 g/mol. The Morgan fingerprint density at radius 2 is 2.00 bits per heavy atom. The number of aliphatic carboxylic acids is 1. The standard InChI is InChI=1S/C16H25N3O3/c1-18(12-16(20)21)15(11-19-9-7-17-8-10-19)13-3-5-14(22-2)6-4-13/h3-6,15,17H,7-12H2,1-2H3,(H,20,21). The van der Waals surface area contributed by atoms with Gasteiger partial charge in [0.05, 0.1) is 13.7 Å². The van der Waals surface area contributed by atoms with Crippen LogP contribution in [0.4, 0.5) is 0 Å². The van der Waals surface area contributed by atoms with E-state index in [1.165, 1.54) is 0 Å². The average molecular weight is 307 g/mol. The summed E-state index contributed by atoms with van der Waals surface area (Å²) >= 11 is 0. The Labute approximate surface area is 131 Å². The SMILES string of the molecule is COc1ccc(C(CN2CCNCC2)N(C)CC(=O)O)cc1. The van der Waals surface area contributed by atoms with Crippen LogP contribution in [0.25, 0.3) is 0 Å². The van der Waals surface area contributed by atoms with Crippen molar-refractivity contribution >= 4 is 5.97 Å². The monoisotopic (exact) mass is 307 g/mol. The predicted octanol–water partition coefficient (Wildman–Crippen LogP) is 0.658. The minimum absolute atomic E-state index is 0.0305. The van der Waals surface area contributed by atoms with Gasteiger partial charge in [0.2, 0.25) is 0 Å². The van der Waals surface area contributed by atoms with Gasteiger partial charge in [-0.1, -0.05) is 12.1 Å². The summed E-state index contributed by atoms with van der Waals surface area (Å²) in [6.07, 6.45) is 0. The third kappa shape index (κ3) is 4.69. The van der Waals surface area contributed by atoms with Crippen molar-refractivity contribution in [3.8, 4) is 5.75 Å². The third-order valence-corrected chi connectivity index (χ3v) is 4.06. The second kappa shape index (κ2) is 8.12. The smallest absolute Gasteiger partial charge is 0.317 e. The maximum absolute atomic E-state index is 11.1. The van der Waals surface area contributed by atoms with Crippen LogP contribution in [0.5, 0.6) is 5.75 Å². The number of carbonyl (C=O) groups is 1. The second-order valence-corrected chi connectivity index (χ2v) is 5.65. The van der Waals surface area contributed by atoms with E-state index in [9.17, 15) is 4.79 Å². The quantitative estimate of drug-likeness (QED) is 0.771. The van der Waals surface area contributed by atoms with E-state index < -0.39 is 5.97 Å². The molecule has 2 rings (SSSR count). The highest BCUT2D eigenvalue weighted by Crippen LogP contribution is 2.23. The molecule has 0 saturated carbocycles. The lowest BCUT2D eigenvalue weighted by atomic mass is 10.0. The van der Waals surface area contributed by atoms with Crippen LogP contribution in [-0.2, 0) is 4.79 Å². The van der Waals surface area contributed by atoms with Gasteiger partial charge in [0.1, 0.15) is 5.75 Å². The normalized spacial score (nSPS) is 17.4. The average Bonchev–Trinajstić information content (AvgIpc) is 2.53. The van der Waals surface area contributed by atoms with E-state index in [2.05, 4.69) is 10.2 Å². The maximum atomic E-state index is 11.1. The summed E-state index contributed by atoms with van der Waals surface area (Å²) in [5.41, 5.74) is 1.11. The predicted molar refractivity (Wildman–Crippen MR) is 85.3 cm³/mol. The van der Waals surface area contributed by atoms with E-state index in [0.717, 1.165) is 44.0 Å². The van der Waals surface area contributed by atoms with Crippen molar-refractivity contribution in [1.29, 1.82) is 0 Å². The summed E-state index contributed by atoms with van der Waals surface area (Å²) < 4.78 is 5.20. The Morgan fingerprint density at radius 3 is 2.55 bits per heavy atom. The van der Waals surface area contributed by atoms with E-state index in [1.807, 2.05) is 36.2 Å². The molecule has 1 aromatic rings. The Morgan fingerprint density at radius 1 is 1.36 bits per heavy atom. The van der Waals surface area contributed by atoms with Crippen molar-refractivity contribution in [3.05, 3.63) is 29.8 Å². The Kier molecular flexibility index (Phi) is 6.18. The number of rotatable bonds is 7. The Balaban J connectivity index is 2.13. The number of nitrogens with one attached hydrogen (secondary N) is 1. The zero-order valence-electron chi connectivity index (χ0n) is 13.3. The van der Waals surface area contributed by atoms with Crippen LogP contribution in [0, 0.1) is 0 Å². The lowest BCUT2D eigenvalue weighted by Crippen LogP contribution is -2.47. The molecular formula is C16H25N3O3.